The van der Waals surface area contributed by atoms with Gasteiger partial charge in [0.1, 0.15) is 0 Å². The van der Waals surface area contributed by atoms with Crippen molar-refractivity contribution in [3.05, 3.63) is 71.8 Å². The van der Waals surface area contributed by atoms with Crippen molar-refractivity contribution in [3.63, 3.8) is 0 Å². The summed E-state index contributed by atoms with van der Waals surface area (Å²) in [6.07, 6.45) is 2.20. The molecule has 0 unspecified atom stereocenters. The van der Waals surface area contributed by atoms with Gasteiger partial charge in [-0.2, -0.15) is 0 Å². The van der Waals surface area contributed by atoms with Gasteiger partial charge in [-0.05, 0) is 46.9 Å². The predicted molar refractivity (Wildman–Crippen MR) is 111 cm³/mol. The first-order valence-electron chi connectivity index (χ1n) is 9.65. The van der Waals surface area contributed by atoms with E-state index in [0.29, 0.717) is 18.0 Å². The highest BCUT2D eigenvalue weighted by Gasteiger charge is 2.40. The van der Waals surface area contributed by atoms with Crippen LogP contribution in [0.4, 0.5) is 16.2 Å². The molecule has 1 aliphatic heterocycles. The highest BCUT2D eigenvalue weighted by Crippen LogP contribution is 2.43. The van der Waals surface area contributed by atoms with Crippen LogP contribution in [-0.2, 0) is 11.2 Å². The minimum Gasteiger partial charge on any atom is -0.334 e. The first-order chi connectivity index (χ1) is 13.7. The number of amides is 3. The monoisotopic (exact) mass is 371 g/mol. The number of benzene rings is 3. The standard InChI is InChI=1S/C23H21N3O2/c27-22-11-9-15-8-10-16(12-20(15)25-22)24-23(28)26-21-13-19(21)18-7-3-5-14-4-1-2-6-17(14)18/h1-8,10,12,19,21H,9,11,13H2,(H,25,27)(H2,24,26,28)/t19-,21+/m0/s1. The van der Waals surface area contributed by atoms with E-state index in [4.69, 9.17) is 0 Å². The number of urea groups is 1. The van der Waals surface area contributed by atoms with E-state index in [0.717, 1.165) is 24.1 Å². The molecule has 0 radical (unpaired) electrons. The average molecular weight is 371 g/mol. The summed E-state index contributed by atoms with van der Waals surface area (Å²) in [7, 11) is 0. The normalized spacial score (nSPS) is 20.2. The molecular weight excluding hydrogens is 350 g/mol. The summed E-state index contributed by atoms with van der Waals surface area (Å²) < 4.78 is 0. The number of carbonyl (C=O) groups excluding carboxylic acids is 2. The van der Waals surface area contributed by atoms with Gasteiger partial charge in [0, 0.05) is 29.8 Å². The molecule has 28 heavy (non-hydrogen) atoms. The van der Waals surface area contributed by atoms with E-state index >= 15 is 0 Å². The number of hydrogen-bond donors (Lipinski definition) is 3. The van der Waals surface area contributed by atoms with Crippen LogP contribution in [0.3, 0.4) is 0 Å². The summed E-state index contributed by atoms with van der Waals surface area (Å²) in [4.78, 5) is 24.0. The van der Waals surface area contributed by atoms with Crippen LogP contribution in [0.2, 0.25) is 0 Å². The molecule has 3 aromatic rings. The number of aryl methyl sites for hydroxylation is 1. The fourth-order valence-electron chi connectivity index (χ4n) is 4.06. The van der Waals surface area contributed by atoms with Crippen molar-refractivity contribution >= 4 is 34.1 Å². The number of hydrogen-bond acceptors (Lipinski definition) is 2. The summed E-state index contributed by atoms with van der Waals surface area (Å²) in [6.45, 7) is 0. The Morgan fingerprint density at radius 1 is 1.00 bits per heavy atom. The van der Waals surface area contributed by atoms with Crippen molar-refractivity contribution in [3.8, 4) is 0 Å². The summed E-state index contributed by atoms with van der Waals surface area (Å²) in [6, 6.07) is 20.3. The van der Waals surface area contributed by atoms with Crippen molar-refractivity contribution in [2.45, 2.75) is 31.2 Å². The third-order valence-electron chi connectivity index (χ3n) is 5.59. The summed E-state index contributed by atoms with van der Waals surface area (Å²) in [5.41, 5.74) is 3.86. The van der Waals surface area contributed by atoms with Crippen LogP contribution in [0.5, 0.6) is 0 Å². The molecule has 1 saturated carbocycles. The van der Waals surface area contributed by atoms with Crippen molar-refractivity contribution < 1.29 is 9.59 Å². The van der Waals surface area contributed by atoms with Crippen LogP contribution in [0, 0.1) is 0 Å². The first kappa shape index (κ1) is 16.8. The fourth-order valence-corrected chi connectivity index (χ4v) is 4.06. The van der Waals surface area contributed by atoms with E-state index in [1.54, 1.807) is 0 Å². The van der Waals surface area contributed by atoms with Crippen molar-refractivity contribution in [2.75, 3.05) is 10.6 Å². The molecule has 1 fully saturated rings. The topological polar surface area (TPSA) is 70.2 Å². The van der Waals surface area contributed by atoms with Gasteiger partial charge in [-0.15, -0.1) is 0 Å². The van der Waals surface area contributed by atoms with Gasteiger partial charge in [0.15, 0.2) is 0 Å². The smallest absolute Gasteiger partial charge is 0.319 e. The van der Waals surface area contributed by atoms with Crippen LogP contribution in [0.15, 0.2) is 60.7 Å². The number of carbonyl (C=O) groups is 2. The largest absolute Gasteiger partial charge is 0.334 e. The van der Waals surface area contributed by atoms with E-state index < -0.39 is 0 Å². The Bertz CT molecular complexity index is 1090. The maximum absolute atomic E-state index is 12.4. The average Bonchev–Trinajstić information content (AvgIpc) is 3.45. The molecule has 140 valence electrons. The molecule has 1 heterocycles. The number of nitrogens with one attached hydrogen (secondary N) is 3. The van der Waals surface area contributed by atoms with Gasteiger partial charge in [-0.25, -0.2) is 4.79 Å². The van der Waals surface area contributed by atoms with Crippen LogP contribution in [0.25, 0.3) is 10.8 Å². The molecule has 3 aromatic carbocycles. The van der Waals surface area contributed by atoms with E-state index in [2.05, 4.69) is 52.3 Å². The minimum absolute atomic E-state index is 0.0185. The first-order valence-corrected chi connectivity index (χ1v) is 9.65. The maximum Gasteiger partial charge on any atom is 0.319 e. The molecular formula is C23H21N3O2. The lowest BCUT2D eigenvalue weighted by Gasteiger charge is -2.18. The van der Waals surface area contributed by atoms with Gasteiger partial charge in [0.05, 0.1) is 0 Å². The second-order valence-corrected chi connectivity index (χ2v) is 7.54. The fraction of sp³-hybridized carbons (Fsp3) is 0.217. The van der Waals surface area contributed by atoms with Gasteiger partial charge in [-0.1, -0.05) is 48.5 Å². The second-order valence-electron chi connectivity index (χ2n) is 7.54. The molecule has 5 nitrogen and oxygen atoms in total. The van der Waals surface area contributed by atoms with Gasteiger partial charge in [-0.3, -0.25) is 4.79 Å². The highest BCUT2D eigenvalue weighted by atomic mass is 16.2. The number of anilines is 2. The second kappa shape index (κ2) is 6.68. The van der Waals surface area contributed by atoms with E-state index in [9.17, 15) is 9.59 Å². The van der Waals surface area contributed by atoms with Crippen molar-refractivity contribution in [1.82, 2.24) is 5.32 Å². The molecule has 0 saturated heterocycles. The van der Waals surface area contributed by atoms with Crippen LogP contribution in [-0.4, -0.2) is 18.0 Å². The molecule has 0 bridgehead atoms. The predicted octanol–water partition coefficient (Wildman–Crippen LogP) is 4.40. The van der Waals surface area contributed by atoms with E-state index in [1.165, 1.54) is 16.3 Å². The zero-order valence-electron chi connectivity index (χ0n) is 15.4. The van der Waals surface area contributed by atoms with Crippen LogP contribution < -0.4 is 16.0 Å². The van der Waals surface area contributed by atoms with Crippen molar-refractivity contribution in [2.24, 2.45) is 0 Å². The summed E-state index contributed by atoms with van der Waals surface area (Å²) in [5.74, 6) is 0.365. The van der Waals surface area contributed by atoms with Gasteiger partial charge >= 0.3 is 6.03 Å². The van der Waals surface area contributed by atoms with Gasteiger partial charge in [0.25, 0.3) is 0 Å². The quantitative estimate of drug-likeness (QED) is 0.638. The lowest BCUT2D eigenvalue weighted by atomic mass is 10.0. The number of rotatable bonds is 3. The minimum atomic E-state index is -0.213. The molecule has 5 rings (SSSR count). The molecule has 3 amide bonds. The third kappa shape index (κ3) is 3.20. The SMILES string of the molecule is O=C1CCc2ccc(NC(=O)N[C@@H]3C[C@H]3c3cccc4ccccc34)cc2N1. The Hall–Kier alpha value is -3.34. The maximum atomic E-state index is 12.4. The summed E-state index contributed by atoms with van der Waals surface area (Å²) in [5, 5.41) is 11.3. The Labute approximate surface area is 163 Å². The highest BCUT2D eigenvalue weighted by molar-refractivity contribution is 5.96. The lowest BCUT2D eigenvalue weighted by molar-refractivity contribution is -0.116. The molecule has 2 atom stereocenters. The van der Waals surface area contributed by atoms with Crippen LogP contribution >= 0.6 is 0 Å². The van der Waals surface area contributed by atoms with Gasteiger partial charge in [0.2, 0.25) is 5.91 Å². The Morgan fingerprint density at radius 3 is 2.79 bits per heavy atom. The third-order valence-corrected chi connectivity index (χ3v) is 5.59. The molecule has 3 N–H and O–H groups in total. The van der Waals surface area contributed by atoms with Crippen LogP contribution in [0.1, 0.15) is 29.9 Å². The molecule has 5 heteroatoms. The Balaban J connectivity index is 1.25. The van der Waals surface area contributed by atoms with E-state index in [-0.39, 0.29) is 18.0 Å². The summed E-state index contributed by atoms with van der Waals surface area (Å²) >= 11 is 0. The molecule has 0 aromatic heterocycles. The lowest BCUT2D eigenvalue weighted by Crippen LogP contribution is -2.31. The zero-order valence-corrected chi connectivity index (χ0v) is 15.4. The number of fused-ring (bicyclic) bond motifs is 2. The molecule has 1 aliphatic carbocycles. The van der Waals surface area contributed by atoms with E-state index in [1.807, 2.05) is 24.3 Å². The Morgan fingerprint density at radius 2 is 1.86 bits per heavy atom. The van der Waals surface area contributed by atoms with Gasteiger partial charge < -0.3 is 16.0 Å². The molecule has 2 aliphatic rings. The molecule has 0 spiro atoms. The van der Waals surface area contributed by atoms with Crippen molar-refractivity contribution in [1.29, 1.82) is 0 Å². The Kier molecular flexibility index (Phi) is 4.01. The zero-order chi connectivity index (χ0) is 19.1.